The highest BCUT2D eigenvalue weighted by Gasteiger charge is 2.21. The molecule has 1 aromatic heterocycles. The number of rotatable bonds is 4. The van der Waals surface area contributed by atoms with Crippen LogP contribution in [0.5, 0.6) is 0 Å². The second kappa shape index (κ2) is 6.18. The van der Waals surface area contributed by atoms with E-state index in [1.54, 1.807) is 6.07 Å². The van der Waals surface area contributed by atoms with Gasteiger partial charge in [-0.1, -0.05) is 11.6 Å². The Balaban J connectivity index is 1.97. The highest BCUT2D eigenvalue weighted by Crippen LogP contribution is 2.15. The number of nitrogens with one attached hydrogen (secondary N) is 2. The lowest BCUT2D eigenvalue weighted by atomic mass is 10.2. The molecule has 1 atom stereocenters. The number of nitrogens with zero attached hydrogens (tertiary/aromatic N) is 2. The van der Waals surface area contributed by atoms with E-state index in [1.807, 2.05) is 0 Å². The van der Waals surface area contributed by atoms with Crippen molar-refractivity contribution >= 4 is 23.3 Å². The molecule has 1 aromatic rings. The highest BCUT2D eigenvalue weighted by molar-refractivity contribution is 6.29. The van der Waals surface area contributed by atoms with E-state index in [2.05, 4.69) is 27.7 Å². The molecule has 1 saturated heterocycles. The number of hydrogen-bond donors (Lipinski definition) is 3. The van der Waals surface area contributed by atoms with Crippen molar-refractivity contribution in [1.29, 1.82) is 0 Å². The number of hydrazine groups is 1. The Morgan fingerprint density at radius 2 is 2.42 bits per heavy atom. The average molecular weight is 284 g/mol. The smallest absolute Gasteiger partial charge is 0.251 e. The summed E-state index contributed by atoms with van der Waals surface area (Å²) < 4.78 is 0. The summed E-state index contributed by atoms with van der Waals surface area (Å²) in [5, 5.41) is 3.15. The largest absolute Gasteiger partial charge is 0.350 e. The molecule has 0 saturated carbocycles. The maximum Gasteiger partial charge on any atom is 0.251 e. The number of anilines is 1. The molecule has 1 aliphatic heterocycles. The first-order valence-electron chi connectivity index (χ1n) is 6.23. The van der Waals surface area contributed by atoms with Gasteiger partial charge in [0, 0.05) is 18.2 Å². The molecule has 0 aliphatic carbocycles. The van der Waals surface area contributed by atoms with Crippen LogP contribution in [0.3, 0.4) is 0 Å². The molecule has 1 unspecified atom stereocenters. The summed E-state index contributed by atoms with van der Waals surface area (Å²) in [5.41, 5.74) is 2.84. The summed E-state index contributed by atoms with van der Waals surface area (Å²) >= 11 is 5.83. The normalized spacial score (nSPS) is 19.4. The molecule has 104 valence electrons. The van der Waals surface area contributed by atoms with Crippen molar-refractivity contribution in [3.05, 3.63) is 22.8 Å². The Morgan fingerprint density at radius 3 is 3.05 bits per heavy atom. The molecule has 1 aliphatic rings. The van der Waals surface area contributed by atoms with Crippen LogP contribution in [0.2, 0.25) is 5.15 Å². The van der Waals surface area contributed by atoms with Crippen LogP contribution >= 0.6 is 11.6 Å². The van der Waals surface area contributed by atoms with Gasteiger partial charge in [0.2, 0.25) is 0 Å². The fraction of sp³-hybridized carbons (Fsp3) is 0.500. The number of carbonyl (C=O) groups is 1. The number of nitrogens with two attached hydrogens (primary N) is 1. The molecule has 1 amide bonds. The number of aromatic nitrogens is 1. The molecule has 0 radical (unpaired) electrons. The van der Waals surface area contributed by atoms with Crippen LogP contribution in [0.15, 0.2) is 12.1 Å². The van der Waals surface area contributed by atoms with Gasteiger partial charge in [-0.2, -0.15) is 0 Å². The monoisotopic (exact) mass is 283 g/mol. The van der Waals surface area contributed by atoms with Crippen molar-refractivity contribution in [3.63, 3.8) is 0 Å². The number of carbonyl (C=O) groups excluding carboxylic acids is 1. The number of halogens is 1. The number of likely N-dealkylation sites (N-methyl/N-ethyl adjacent to an activating group) is 1. The van der Waals surface area contributed by atoms with Gasteiger partial charge in [-0.25, -0.2) is 10.8 Å². The third kappa shape index (κ3) is 3.56. The molecular formula is C12H18ClN5O. The highest BCUT2D eigenvalue weighted by atomic mass is 35.5. The van der Waals surface area contributed by atoms with Crippen LogP contribution in [0.1, 0.15) is 23.2 Å². The zero-order valence-corrected chi connectivity index (χ0v) is 11.6. The standard InChI is InChI=1S/C12H18ClN5O/c1-18-4-2-3-9(18)7-15-12(19)8-5-10(13)16-11(6-8)17-14/h5-6,9H,2-4,7,14H2,1H3,(H,15,19)(H,16,17). The van der Waals surface area contributed by atoms with Crippen LogP contribution in [0.4, 0.5) is 5.82 Å². The van der Waals surface area contributed by atoms with Crippen LogP contribution in [0.25, 0.3) is 0 Å². The van der Waals surface area contributed by atoms with Crippen LogP contribution in [-0.4, -0.2) is 42.0 Å². The molecule has 6 nitrogen and oxygen atoms in total. The van der Waals surface area contributed by atoms with Crippen LogP contribution in [-0.2, 0) is 0 Å². The molecule has 0 spiro atoms. The predicted molar refractivity (Wildman–Crippen MR) is 75.0 cm³/mol. The van der Waals surface area contributed by atoms with E-state index in [0.717, 1.165) is 13.0 Å². The third-order valence-corrected chi connectivity index (χ3v) is 3.57. The first kappa shape index (κ1) is 14.0. The Hall–Kier alpha value is -1.37. The maximum absolute atomic E-state index is 12.0. The summed E-state index contributed by atoms with van der Waals surface area (Å²) in [6.45, 7) is 1.73. The summed E-state index contributed by atoms with van der Waals surface area (Å²) in [7, 11) is 2.07. The van der Waals surface area contributed by atoms with Gasteiger partial charge >= 0.3 is 0 Å². The second-order valence-corrected chi connectivity index (χ2v) is 5.08. The van der Waals surface area contributed by atoms with E-state index in [1.165, 1.54) is 12.5 Å². The SMILES string of the molecule is CN1CCCC1CNC(=O)c1cc(Cl)nc(NN)c1. The van der Waals surface area contributed by atoms with Crippen molar-refractivity contribution in [2.45, 2.75) is 18.9 Å². The Kier molecular flexibility index (Phi) is 4.57. The molecule has 0 aromatic carbocycles. The lowest BCUT2D eigenvalue weighted by Crippen LogP contribution is -2.38. The van der Waals surface area contributed by atoms with Gasteiger partial charge in [0.15, 0.2) is 0 Å². The number of amides is 1. The zero-order valence-electron chi connectivity index (χ0n) is 10.8. The van der Waals surface area contributed by atoms with Gasteiger partial charge in [-0.05, 0) is 38.6 Å². The summed E-state index contributed by atoms with van der Waals surface area (Å²) in [4.78, 5) is 18.2. The molecule has 2 heterocycles. The lowest BCUT2D eigenvalue weighted by molar-refractivity contribution is 0.0943. The van der Waals surface area contributed by atoms with Crippen molar-refractivity contribution < 1.29 is 4.79 Å². The number of nitrogen functional groups attached to an aromatic ring is 1. The molecule has 2 rings (SSSR count). The van der Waals surface area contributed by atoms with Crippen LogP contribution in [0, 0.1) is 0 Å². The summed E-state index contributed by atoms with van der Waals surface area (Å²) in [6, 6.07) is 3.50. The molecule has 0 bridgehead atoms. The van der Waals surface area contributed by atoms with Crippen molar-refractivity contribution in [1.82, 2.24) is 15.2 Å². The van der Waals surface area contributed by atoms with Gasteiger partial charge in [-0.15, -0.1) is 0 Å². The zero-order chi connectivity index (χ0) is 13.8. The van der Waals surface area contributed by atoms with E-state index < -0.39 is 0 Å². The molecule has 19 heavy (non-hydrogen) atoms. The minimum absolute atomic E-state index is 0.166. The quantitative estimate of drug-likeness (QED) is 0.433. The van der Waals surface area contributed by atoms with E-state index >= 15 is 0 Å². The Labute approximate surface area is 117 Å². The summed E-state index contributed by atoms with van der Waals surface area (Å²) in [6.07, 6.45) is 2.29. The Morgan fingerprint density at radius 1 is 1.63 bits per heavy atom. The fourth-order valence-corrected chi connectivity index (χ4v) is 2.46. The third-order valence-electron chi connectivity index (χ3n) is 3.37. The maximum atomic E-state index is 12.0. The number of pyridine rings is 1. The minimum atomic E-state index is -0.166. The Bertz CT molecular complexity index is 467. The van der Waals surface area contributed by atoms with Crippen LogP contribution < -0.4 is 16.6 Å². The first-order chi connectivity index (χ1) is 9.10. The topological polar surface area (TPSA) is 83.3 Å². The van der Waals surface area contributed by atoms with E-state index in [4.69, 9.17) is 17.4 Å². The summed E-state index contributed by atoms with van der Waals surface area (Å²) in [5.74, 6) is 5.48. The second-order valence-electron chi connectivity index (χ2n) is 4.69. The van der Waals surface area contributed by atoms with E-state index in [0.29, 0.717) is 24.0 Å². The molecule has 1 fully saturated rings. The van der Waals surface area contributed by atoms with Crippen molar-refractivity contribution in [2.24, 2.45) is 5.84 Å². The van der Waals surface area contributed by atoms with E-state index in [-0.39, 0.29) is 11.1 Å². The number of hydrogen-bond acceptors (Lipinski definition) is 5. The van der Waals surface area contributed by atoms with E-state index in [9.17, 15) is 4.79 Å². The molecule has 4 N–H and O–H groups in total. The van der Waals surface area contributed by atoms with Gasteiger partial charge < -0.3 is 15.6 Å². The predicted octanol–water partition coefficient (Wildman–Crippen LogP) is 0.845. The lowest BCUT2D eigenvalue weighted by Gasteiger charge is -2.19. The van der Waals surface area contributed by atoms with Gasteiger partial charge in [-0.3, -0.25) is 4.79 Å². The molecule has 7 heteroatoms. The van der Waals surface area contributed by atoms with Gasteiger partial charge in [0.05, 0.1) is 0 Å². The fourth-order valence-electron chi connectivity index (χ4n) is 2.25. The average Bonchev–Trinajstić information content (AvgIpc) is 2.80. The number of likely N-dealkylation sites (tertiary alicyclic amines) is 1. The van der Waals surface area contributed by atoms with Gasteiger partial charge in [0.1, 0.15) is 11.0 Å². The van der Waals surface area contributed by atoms with Crippen molar-refractivity contribution in [2.75, 3.05) is 25.6 Å². The minimum Gasteiger partial charge on any atom is -0.350 e. The first-order valence-corrected chi connectivity index (χ1v) is 6.60. The molecular weight excluding hydrogens is 266 g/mol. The van der Waals surface area contributed by atoms with Crippen molar-refractivity contribution in [3.8, 4) is 0 Å². The van der Waals surface area contributed by atoms with Gasteiger partial charge in [0.25, 0.3) is 5.91 Å².